The van der Waals surface area contributed by atoms with Gasteiger partial charge in [-0.1, -0.05) is 36.4 Å². The van der Waals surface area contributed by atoms with Crippen LogP contribution in [0.3, 0.4) is 0 Å². The van der Waals surface area contributed by atoms with Crippen LogP contribution in [0.15, 0.2) is 71.3 Å². The Hall–Kier alpha value is -3.21. The largest absolute Gasteiger partial charge is 0.467 e. The first-order valence-electron chi connectivity index (χ1n) is 9.93. The van der Waals surface area contributed by atoms with Crippen molar-refractivity contribution in [3.05, 3.63) is 83.8 Å². The van der Waals surface area contributed by atoms with Crippen LogP contribution in [0.2, 0.25) is 0 Å². The normalized spacial score (nSPS) is 13.3. The van der Waals surface area contributed by atoms with Crippen molar-refractivity contribution < 1.29 is 18.7 Å². The zero-order valence-corrected chi connectivity index (χ0v) is 16.5. The lowest BCUT2D eigenvalue weighted by atomic mass is 10.0. The number of carbonyl (C=O) groups is 1. The van der Waals surface area contributed by atoms with E-state index in [9.17, 15) is 4.79 Å². The molecule has 4 rings (SSSR count). The minimum absolute atomic E-state index is 0.0702. The Balaban J connectivity index is 1.45. The smallest absolute Gasteiger partial charge is 0.231 e. The van der Waals surface area contributed by atoms with Crippen LogP contribution in [-0.4, -0.2) is 23.6 Å². The van der Waals surface area contributed by atoms with Crippen LogP contribution >= 0.6 is 0 Å². The van der Waals surface area contributed by atoms with E-state index >= 15 is 0 Å². The summed E-state index contributed by atoms with van der Waals surface area (Å²) in [4.78, 5) is 15.1. The third kappa shape index (κ3) is 4.80. The zero-order valence-electron chi connectivity index (χ0n) is 16.5. The maximum Gasteiger partial charge on any atom is 0.231 e. The maximum absolute atomic E-state index is 13.2. The van der Waals surface area contributed by atoms with Crippen molar-refractivity contribution in [2.45, 2.75) is 38.8 Å². The van der Waals surface area contributed by atoms with Crippen molar-refractivity contribution in [2.75, 3.05) is 6.79 Å². The molecule has 0 bridgehead atoms. The Morgan fingerprint density at radius 1 is 1.00 bits per heavy atom. The second kappa shape index (κ2) is 8.86. The number of ether oxygens (including phenoxy) is 2. The molecule has 0 saturated carbocycles. The van der Waals surface area contributed by atoms with Crippen LogP contribution in [0.25, 0.3) is 0 Å². The number of amides is 1. The number of hydrogen-bond acceptors (Lipinski definition) is 4. The lowest BCUT2D eigenvalue weighted by molar-refractivity contribution is -0.133. The molecule has 0 fully saturated rings. The summed E-state index contributed by atoms with van der Waals surface area (Å²) in [6.07, 6.45) is 3.77. The number of fused-ring (bicyclic) bond motifs is 1. The summed E-state index contributed by atoms with van der Waals surface area (Å²) in [5, 5.41) is 0. The molecule has 0 N–H and O–H groups in total. The van der Waals surface area contributed by atoms with Gasteiger partial charge in [-0.15, -0.1) is 0 Å². The molecule has 1 aliphatic rings. The van der Waals surface area contributed by atoms with Crippen molar-refractivity contribution in [2.24, 2.45) is 0 Å². The molecule has 0 spiro atoms. The molecule has 150 valence electrons. The van der Waals surface area contributed by atoms with Crippen LogP contribution in [0, 0.1) is 0 Å². The molecule has 2 aromatic carbocycles. The van der Waals surface area contributed by atoms with Gasteiger partial charge < -0.3 is 18.8 Å². The van der Waals surface area contributed by atoms with Gasteiger partial charge in [0, 0.05) is 6.04 Å². The predicted octanol–water partition coefficient (Wildman–Crippen LogP) is 4.60. The number of aryl methyl sites for hydroxylation is 1. The first kappa shape index (κ1) is 19.1. The molecule has 29 heavy (non-hydrogen) atoms. The molecule has 5 heteroatoms. The zero-order chi connectivity index (χ0) is 20.1. The summed E-state index contributed by atoms with van der Waals surface area (Å²) in [5.41, 5.74) is 2.19. The molecule has 0 unspecified atom stereocenters. The molecule has 1 amide bonds. The SMILES string of the molecule is C[C@@H](CCc1ccccc1)N(Cc1ccco1)C(=O)Cc1ccc2c(c1)OCO2. The fourth-order valence-electron chi connectivity index (χ4n) is 3.56. The van der Waals surface area contributed by atoms with E-state index in [1.165, 1.54) is 5.56 Å². The maximum atomic E-state index is 13.2. The highest BCUT2D eigenvalue weighted by atomic mass is 16.7. The van der Waals surface area contributed by atoms with E-state index in [2.05, 4.69) is 19.1 Å². The minimum Gasteiger partial charge on any atom is -0.467 e. The molecule has 5 nitrogen and oxygen atoms in total. The van der Waals surface area contributed by atoms with Gasteiger partial charge in [0.1, 0.15) is 5.76 Å². The highest BCUT2D eigenvalue weighted by Crippen LogP contribution is 2.32. The Morgan fingerprint density at radius 3 is 2.62 bits per heavy atom. The van der Waals surface area contributed by atoms with Crippen molar-refractivity contribution >= 4 is 5.91 Å². The number of nitrogens with zero attached hydrogens (tertiary/aromatic N) is 1. The quantitative estimate of drug-likeness (QED) is 0.563. The van der Waals surface area contributed by atoms with E-state index in [1.54, 1.807) is 6.26 Å². The Morgan fingerprint density at radius 2 is 1.83 bits per heavy atom. The van der Waals surface area contributed by atoms with Crippen molar-refractivity contribution in [1.82, 2.24) is 4.90 Å². The summed E-state index contributed by atoms with van der Waals surface area (Å²) >= 11 is 0. The molecule has 0 aliphatic carbocycles. The molecule has 0 radical (unpaired) electrons. The second-order valence-corrected chi connectivity index (χ2v) is 7.34. The first-order valence-corrected chi connectivity index (χ1v) is 9.93. The molecule has 1 aliphatic heterocycles. The van der Waals surface area contributed by atoms with E-state index in [1.807, 2.05) is 53.4 Å². The van der Waals surface area contributed by atoms with Gasteiger partial charge in [-0.2, -0.15) is 0 Å². The number of hydrogen-bond donors (Lipinski definition) is 0. The average Bonchev–Trinajstić information content (AvgIpc) is 3.42. The molecule has 2 heterocycles. The number of furan rings is 1. The summed E-state index contributed by atoms with van der Waals surface area (Å²) in [7, 11) is 0. The molecule has 1 atom stereocenters. The van der Waals surface area contributed by atoms with Crippen molar-refractivity contribution in [3.63, 3.8) is 0 Å². The number of rotatable bonds is 8. The Labute approximate surface area is 170 Å². The fourth-order valence-corrected chi connectivity index (χ4v) is 3.56. The predicted molar refractivity (Wildman–Crippen MR) is 110 cm³/mol. The third-order valence-corrected chi connectivity index (χ3v) is 5.24. The fraction of sp³-hybridized carbons (Fsp3) is 0.292. The number of benzene rings is 2. The minimum atomic E-state index is 0.0702. The van der Waals surface area contributed by atoms with Crippen LogP contribution in [-0.2, 0) is 24.2 Å². The highest BCUT2D eigenvalue weighted by molar-refractivity contribution is 5.79. The van der Waals surface area contributed by atoms with Crippen LogP contribution < -0.4 is 9.47 Å². The lowest BCUT2D eigenvalue weighted by Crippen LogP contribution is -2.39. The number of carbonyl (C=O) groups excluding carboxylic acids is 1. The Kier molecular flexibility index (Phi) is 5.84. The summed E-state index contributed by atoms with van der Waals surface area (Å²) < 4.78 is 16.3. The van der Waals surface area contributed by atoms with Crippen LogP contribution in [0.5, 0.6) is 11.5 Å². The molecule has 1 aromatic heterocycles. The van der Waals surface area contributed by atoms with Crippen LogP contribution in [0.4, 0.5) is 0 Å². The van der Waals surface area contributed by atoms with Crippen molar-refractivity contribution in [1.29, 1.82) is 0 Å². The summed E-state index contributed by atoms with van der Waals surface area (Å²) in [6, 6.07) is 19.9. The average molecular weight is 391 g/mol. The second-order valence-electron chi connectivity index (χ2n) is 7.34. The van der Waals surface area contributed by atoms with Gasteiger partial charge in [0.25, 0.3) is 0 Å². The first-order chi connectivity index (χ1) is 14.2. The van der Waals surface area contributed by atoms with E-state index in [0.29, 0.717) is 18.7 Å². The monoisotopic (exact) mass is 391 g/mol. The van der Waals surface area contributed by atoms with Gasteiger partial charge in [-0.25, -0.2) is 0 Å². The van der Waals surface area contributed by atoms with Gasteiger partial charge in [-0.05, 0) is 55.2 Å². The molecular weight excluding hydrogens is 366 g/mol. The highest BCUT2D eigenvalue weighted by Gasteiger charge is 2.23. The van der Waals surface area contributed by atoms with Gasteiger partial charge in [0.2, 0.25) is 12.7 Å². The molecule has 0 saturated heterocycles. The van der Waals surface area contributed by atoms with E-state index in [-0.39, 0.29) is 18.7 Å². The van der Waals surface area contributed by atoms with E-state index in [4.69, 9.17) is 13.9 Å². The lowest BCUT2D eigenvalue weighted by Gasteiger charge is -2.29. The van der Waals surface area contributed by atoms with Crippen LogP contribution in [0.1, 0.15) is 30.2 Å². The van der Waals surface area contributed by atoms with E-state index < -0.39 is 0 Å². The molecule has 3 aromatic rings. The van der Waals surface area contributed by atoms with Gasteiger partial charge in [0.15, 0.2) is 11.5 Å². The van der Waals surface area contributed by atoms with Gasteiger partial charge in [-0.3, -0.25) is 4.79 Å². The molecular formula is C24H25NO4. The van der Waals surface area contributed by atoms with E-state index in [0.717, 1.165) is 29.9 Å². The van der Waals surface area contributed by atoms with Crippen molar-refractivity contribution in [3.8, 4) is 11.5 Å². The standard InChI is InChI=1S/C24H25NO4/c1-18(9-10-19-6-3-2-4-7-19)25(16-21-8-5-13-27-21)24(26)15-20-11-12-22-23(14-20)29-17-28-22/h2-8,11-14,18H,9-10,15-17H2,1H3/t18-/m0/s1. The van der Waals surface area contributed by atoms with Gasteiger partial charge >= 0.3 is 0 Å². The topological polar surface area (TPSA) is 51.9 Å². The third-order valence-electron chi connectivity index (χ3n) is 5.24. The summed E-state index contributed by atoms with van der Waals surface area (Å²) in [5.74, 6) is 2.28. The Bertz CT molecular complexity index is 937. The summed E-state index contributed by atoms with van der Waals surface area (Å²) in [6.45, 7) is 2.80. The van der Waals surface area contributed by atoms with Gasteiger partial charge in [0.05, 0.1) is 19.2 Å².